The van der Waals surface area contributed by atoms with Crippen LogP contribution < -0.4 is 4.74 Å². The predicted octanol–water partition coefficient (Wildman–Crippen LogP) is 4.72. The van der Waals surface area contributed by atoms with E-state index in [2.05, 4.69) is 15.5 Å². The Balaban J connectivity index is 2.00. The summed E-state index contributed by atoms with van der Waals surface area (Å²) < 4.78 is 79.4. The molecule has 0 N–H and O–H groups in total. The van der Waals surface area contributed by atoms with Crippen LogP contribution in [0.4, 0.5) is 13.2 Å². The second-order valence-corrected chi connectivity index (χ2v) is 10.6. The summed E-state index contributed by atoms with van der Waals surface area (Å²) >= 11 is 0. The molecule has 3 aliphatic carbocycles. The average Bonchev–Trinajstić information content (AvgIpc) is 3.08. The zero-order valence-electron chi connectivity index (χ0n) is 17.5. The Hall–Kier alpha value is -1.82. The molecule has 1 fully saturated rings. The van der Waals surface area contributed by atoms with Gasteiger partial charge in [-0.05, 0) is 54.9 Å². The van der Waals surface area contributed by atoms with Gasteiger partial charge in [0.25, 0.3) is 0 Å². The third-order valence-electron chi connectivity index (χ3n) is 7.34. The van der Waals surface area contributed by atoms with Crippen molar-refractivity contribution in [1.82, 2.24) is 0 Å². The Morgan fingerprint density at radius 2 is 2.00 bits per heavy atom. The van der Waals surface area contributed by atoms with Gasteiger partial charge in [0.05, 0.1) is 24.7 Å². The van der Waals surface area contributed by atoms with Crippen LogP contribution in [0.5, 0.6) is 5.75 Å². The number of aryl methyl sites for hydroxylation is 1. The minimum absolute atomic E-state index is 0.0870. The van der Waals surface area contributed by atoms with E-state index in [-0.39, 0.29) is 29.8 Å². The van der Waals surface area contributed by atoms with Crippen LogP contribution in [0.15, 0.2) is 24.0 Å². The van der Waals surface area contributed by atoms with E-state index >= 15 is 0 Å². The lowest BCUT2D eigenvalue weighted by molar-refractivity contribution is -0.0537. The molecule has 4 rings (SSSR count). The largest absolute Gasteiger partial charge is 0.534 e. The third kappa shape index (κ3) is 3.24. The van der Waals surface area contributed by atoms with Gasteiger partial charge < -0.3 is 13.4 Å². The van der Waals surface area contributed by atoms with Crippen LogP contribution in [0.25, 0.3) is 5.57 Å². The Morgan fingerprint density at radius 1 is 1.28 bits per heavy atom. The van der Waals surface area contributed by atoms with E-state index in [0.29, 0.717) is 37.0 Å². The first kappa shape index (κ1) is 23.3. The van der Waals surface area contributed by atoms with Crippen LogP contribution in [0.1, 0.15) is 43.7 Å². The highest BCUT2D eigenvalue weighted by molar-refractivity contribution is 7.87. The number of alkyl halides is 3. The molecular weight excluding hydrogens is 466 g/mol. The normalized spacial score (nSPS) is 31.9. The number of benzene rings is 1. The molecule has 1 unspecified atom stereocenters. The van der Waals surface area contributed by atoms with E-state index in [9.17, 15) is 26.9 Å². The maximum absolute atomic E-state index is 13.2. The van der Waals surface area contributed by atoms with Crippen molar-refractivity contribution in [2.75, 3.05) is 7.11 Å². The van der Waals surface area contributed by atoms with Crippen LogP contribution in [0.3, 0.4) is 0 Å². The van der Waals surface area contributed by atoms with E-state index in [0.717, 1.165) is 5.56 Å². The quantitative estimate of drug-likeness (QED) is 0.346. The van der Waals surface area contributed by atoms with Gasteiger partial charge in [0, 0.05) is 26.9 Å². The van der Waals surface area contributed by atoms with Gasteiger partial charge in [-0.1, -0.05) is 13.0 Å². The number of nitriles is 1. The summed E-state index contributed by atoms with van der Waals surface area (Å²) in [5.41, 5.74) is -6.00. The summed E-state index contributed by atoms with van der Waals surface area (Å²) in [6, 6.07) is 7.45. The summed E-state index contributed by atoms with van der Waals surface area (Å²) in [6.45, 7) is 1.84. The number of ether oxygens (including phenoxy) is 1. The Morgan fingerprint density at radius 3 is 2.59 bits per heavy atom. The van der Waals surface area contributed by atoms with E-state index in [1.165, 1.54) is 7.11 Å². The number of hydrogen-bond acceptors (Lipinski definition) is 6. The highest BCUT2D eigenvalue weighted by Gasteiger charge is 2.64. The lowest BCUT2D eigenvalue weighted by Gasteiger charge is -2.51. The molecule has 0 bridgehead atoms. The third-order valence-corrected chi connectivity index (χ3v) is 8.65. The highest BCUT2D eigenvalue weighted by Crippen LogP contribution is 2.67. The first-order valence-electron chi connectivity index (χ1n) is 10.1. The van der Waals surface area contributed by atoms with Crippen LogP contribution >= 0.6 is 9.47 Å². The summed E-state index contributed by atoms with van der Waals surface area (Å²) in [6.07, 6.45) is 1.63. The molecule has 0 heterocycles. The Kier molecular flexibility index (Phi) is 5.55. The molecule has 1 aromatic rings. The molecule has 1 saturated carbocycles. The van der Waals surface area contributed by atoms with Crippen molar-refractivity contribution in [2.45, 2.75) is 50.6 Å². The molecule has 1 aromatic carbocycles. The fourth-order valence-corrected chi connectivity index (χ4v) is 6.89. The Labute approximate surface area is 187 Å². The topological polar surface area (TPSA) is 85.6 Å². The molecule has 0 aromatic heterocycles. The summed E-state index contributed by atoms with van der Waals surface area (Å²) in [5, 5.41) is 10.4. The van der Waals surface area contributed by atoms with Crippen LogP contribution in [-0.4, -0.2) is 27.1 Å². The maximum Gasteiger partial charge on any atom is 0.534 e. The van der Waals surface area contributed by atoms with E-state index < -0.39 is 26.5 Å². The SMILES string of the molecule is COc1ccc2c(c1)CC[C@]1(C#N)C2=C(OS(=O)(=O)C(F)(F)F)C[C@]2(C)[C@@H](OP)CC[C@H]21. The van der Waals surface area contributed by atoms with E-state index in [4.69, 9.17) is 13.4 Å². The average molecular weight is 489 g/mol. The van der Waals surface area contributed by atoms with Crippen molar-refractivity contribution in [3.05, 3.63) is 35.1 Å². The van der Waals surface area contributed by atoms with Crippen LogP contribution in [0, 0.1) is 28.1 Å². The standard InChI is InChI=1S/C21H23F3NO5PS/c1-19-10-15(30-32(26,27)21(22,23)24)18-14-4-3-13(28-2)9-12(14)7-8-20(18,11-25)16(19)5-6-17(19)29-31/h3-4,9,16-17H,5-8,10,31H2,1-2H3/t16-,17+,19+,20-/m1/s1. The zero-order valence-corrected chi connectivity index (χ0v) is 19.5. The summed E-state index contributed by atoms with van der Waals surface area (Å²) in [7, 11) is -2.24. The molecule has 5 atom stereocenters. The van der Waals surface area contributed by atoms with Gasteiger partial charge in [-0.25, -0.2) is 0 Å². The highest BCUT2D eigenvalue weighted by atomic mass is 32.2. The molecule has 0 saturated heterocycles. The van der Waals surface area contributed by atoms with Crippen molar-refractivity contribution < 1.29 is 35.0 Å². The van der Waals surface area contributed by atoms with Crippen LogP contribution in [-0.2, 0) is 25.2 Å². The fraction of sp³-hybridized carbons (Fsp3) is 0.571. The lowest BCUT2D eigenvalue weighted by atomic mass is 9.51. The van der Waals surface area contributed by atoms with Crippen LogP contribution in [0.2, 0.25) is 0 Å². The van der Waals surface area contributed by atoms with Crippen molar-refractivity contribution in [3.8, 4) is 11.8 Å². The predicted molar refractivity (Wildman–Crippen MR) is 112 cm³/mol. The van der Waals surface area contributed by atoms with Crippen molar-refractivity contribution in [2.24, 2.45) is 16.7 Å². The number of hydrogen-bond donors (Lipinski definition) is 0. The Bertz CT molecular complexity index is 1130. The molecule has 0 radical (unpaired) electrons. The van der Waals surface area contributed by atoms with E-state index in [1.807, 2.05) is 6.92 Å². The molecule has 6 nitrogen and oxygen atoms in total. The lowest BCUT2D eigenvalue weighted by Crippen LogP contribution is -2.48. The molecule has 3 aliphatic rings. The number of methoxy groups -OCH3 is 1. The number of allylic oxidation sites excluding steroid dienone is 2. The molecule has 11 heteroatoms. The number of halogens is 3. The van der Waals surface area contributed by atoms with Gasteiger partial charge >= 0.3 is 15.6 Å². The molecule has 0 amide bonds. The van der Waals surface area contributed by atoms with Gasteiger partial charge in [-0.15, -0.1) is 0 Å². The number of nitrogens with zero attached hydrogens (tertiary/aromatic N) is 1. The zero-order chi connectivity index (χ0) is 23.5. The van der Waals surface area contributed by atoms with Crippen molar-refractivity contribution in [3.63, 3.8) is 0 Å². The fourth-order valence-electron chi connectivity index (χ4n) is 5.94. The van der Waals surface area contributed by atoms with E-state index in [1.54, 1.807) is 18.2 Å². The van der Waals surface area contributed by atoms with Gasteiger partial charge in [-0.3, -0.25) is 0 Å². The molecule has 174 valence electrons. The van der Waals surface area contributed by atoms with Gasteiger partial charge in [0.1, 0.15) is 11.5 Å². The second kappa shape index (κ2) is 7.61. The summed E-state index contributed by atoms with van der Waals surface area (Å²) in [4.78, 5) is 0. The van der Waals surface area contributed by atoms with Gasteiger partial charge in [0.15, 0.2) is 0 Å². The monoisotopic (exact) mass is 489 g/mol. The smallest absolute Gasteiger partial charge is 0.497 e. The van der Waals surface area contributed by atoms with Gasteiger partial charge in [0.2, 0.25) is 0 Å². The minimum atomic E-state index is -5.92. The summed E-state index contributed by atoms with van der Waals surface area (Å²) in [5.74, 6) is 0.0107. The first-order chi connectivity index (χ1) is 14.9. The number of rotatable bonds is 4. The molecule has 0 aliphatic heterocycles. The van der Waals surface area contributed by atoms with Crippen molar-refractivity contribution >= 4 is 25.2 Å². The van der Waals surface area contributed by atoms with Crippen molar-refractivity contribution in [1.29, 1.82) is 5.26 Å². The molecule has 0 spiro atoms. The number of fused-ring (bicyclic) bond motifs is 5. The second-order valence-electron chi connectivity index (χ2n) is 8.82. The molecular formula is C21H23F3NO5PS. The molecule has 32 heavy (non-hydrogen) atoms. The van der Waals surface area contributed by atoms with Gasteiger partial charge in [-0.2, -0.15) is 26.9 Å². The maximum atomic E-state index is 13.2. The minimum Gasteiger partial charge on any atom is -0.497 e. The first-order valence-corrected chi connectivity index (χ1v) is 12.0.